The van der Waals surface area contributed by atoms with Crippen LogP contribution in [0.1, 0.15) is 5.56 Å². The second-order valence-corrected chi connectivity index (χ2v) is 6.94. The number of nitrogens with zero attached hydrogens (tertiary/aromatic N) is 3. The van der Waals surface area contributed by atoms with Crippen LogP contribution in [-0.4, -0.2) is 33.3 Å². The lowest BCUT2D eigenvalue weighted by Gasteiger charge is -2.07. The topological polar surface area (TPSA) is 75.4 Å². The molecule has 0 amide bonds. The van der Waals surface area contributed by atoms with E-state index in [0.717, 1.165) is 5.56 Å². The van der Waals surface area contributed by atoms with Crippen LogP contribution in [0.15, 0.2) is 50.4 Å². The van der Waals surface area contributed by atoms with Crippen LogP contribution in [0.3, 0.4) is 0 Å². The van der Waals surface area contributed by atoms with Gasteiger partial charge in [0.1, 0.15) is 11.5 Å². The van der Waals surface area contributed by atoms with E-state index in [4.69, 9.17) is 17.0 Å². The average Bonchev–Trinajstić information content (AvgIpc) is 2.99. The predicted molar refractivity (Wildman–Crippen MR) is 106 cm³/mol. The maximum atomic E-state index is 9.98. The molecule has 128 valence electrons. The number of aromatic amines is 1. The standard InChI is InChI=1S/C16H12Br2N4O2S/c1-24-12-5-3-2-4-10(12)15-20-21-16(25)22(15)19-8-9-6-7-11(17)14(23)13(9)18/h2-8,23H,1H3,(H,21,25). The molecule has 2 aromatic carbocycles. The summed E-state index contributed by atoms with van der Waals surface area (Å²) in [5.41, 5.74) is 1.45. The van der Waals surface area contributed by atoms with E-state index in [1.54, 1.807) is 19.4 Å². The molecule has 0 saturated heterocycles. The Bertz CT molecular complexity index is 1010. The molecule has 3 aromatic rings. The zero-order valence-corrected chi connectivity index (χ0v) is 16.9. The number of hydrogen-bond acceptors (Lipinski definition) is 5. The summed E-state index contributed by atoms with van der Waals surface area (Å²) in [6, 6.07) is 11.0. The third-order valence-corrected chi connectivity index (χ3v) is 5.14. The molecule has 0 atom stereocenters. The zero-order valence-electron chi connectivity index (χ0n) is 12.9. The van der Waals surface area contributed by atoms with Crippen LogP contribution in [0.2, 0.25) is 0 Å². The number of ether oxygens (including phenoxy) is 1. The van der Waals surface area contributed by atoms with E-state index in [2.05, 4.69) is 47.2 Å². The van der Waals surface area contributed by atoms with E-state index in [1.165, 1.54) is 4.68 Å². The molecule has 1 heterocycles. The molecule has 0 radical (unpaired) electrons. The number of H-pyrrole nitrogens is 1. The molecular weight excluding hydrogens is 472 g/mol. The molecule has 0 aliphatic rings. The molecule has 0 aliphatic carbocycles. The molecule has 0 spiro atoms. The molecule has 3 rings (SSSR count). The lowest BCUT2D eigenvalue weighted by atomic mass is 10.2. The van der Waals surface area contributed by atoms with Gasteiger partial charge in [0.25, 0.3) is 0 Å². The molecule has 0 bridgehead atoms. The highest BCUT2D eigenvalue weighted by Crippen LogP contribution is 2.34. The van der Waals surface area contributed by atoms with Crippen molar-refractivity contribution in [3.8, 4) is 22.9 Å². The van der Waals surface area contributed by atoms with Gasteiger partial charge in [0.05, 0.1) is 27.8 Å². The van der Waals surface area contributed by atoms with E-state index in [1.807, 2.05) is 30.3 Å². The number of aromatic hydroxyl groups is 1. The minimum atomic E-state index is 0.102. The second-order valence-electron chi connectivity index (χ2n) is 4.91. The van der Waals surface area contributed by atoms with E-state index in [9.17, 15) is 5.11 Å². The van der Waals surface area contributed by atoms with Gasteiger partial charge in [0.2, 0.25) is 4.77 Å². The molecule has 2 N–H and O–H groups in total. The number of aromatic nitrogens is 3. The van der Waals surface area contributed by atoms with Gasteiger partial charge in [-0.1, -0.05) is 18.2 Å². The highest BCUT2D eigenvalue weighted by Gasteiger charge is 2.13. The molecule has 0 saturated carbocycles. The number of hydrogen-bond donors (Lipinski definition) is 2. The Morgan fingerprint density at radius 1 is 1.28 bits per heavy atom. The van der Waals surface area contributed by atoms with E-state index in [0.29, 0.717) is 30.9 Å². The minimum Gasteiger partial charge on any atom is -0.506 e. The predicted octanol–water partition coefficient (Wildman–Crippen LogP) is 4.73. The summed E-state index contributed by atoms with van der Waals surface area (Å²) in [6.45, 7) is 0. The Kier molecular flexibility index (Phi) is 5.36. The Balaban J connectivity index is 2.07. The SMILES string of the molecule is COc1ccccc1-c1n[nH]c(=S)n1N=Cc1ccc(Br)c(O)c1Br. The van der Waals surface area contributed by atoms with Crippen LogP contribution < -0.4 is 4.74 Å². The molecule has 25 heavy (non-hydrogen) atoms. The largest absolute Gasteiger partial charge is 0.506 e. The summed E-state index contributed by atoms with van der Waals surface area (Å²) in [5.74, 6) is 1.29. The van der Waals surface area contributed by atoms with Crippen molar-refractivity contribution in [2.24, 2.45) is 5.10 Å². The van der Waals surface area contributed by atoms with Gasteiger partial charge in [0.15, 0.2) is 5.82 Å². The quantitative estimate of drug-likeness (QED) is 0.415. The van der Waals surface area contributed by atoms with Crippen molar-refractivity contribution >= 4 is 50.3 Å². The highest BCUT2D eigenvalue weighted by molar-refractivity contribution is 9.11. The van der Waals surface area contributed by atoms with Crippen molar-refractivity contribution in [3.63, 3.8) is 0 Å². The minimum absolute atomic E-state index is 0.102. The Morgan fingerprint density at radius 3 is 2.80 bits per heavy atom. The second kappa shape index (κ2) is 7.51. The number of para-hydroxylation sites is 1. The van der Waals surface area contributed by atoms with Crippen molar-refractivity contribution < 1.29 is 9.84 Å². The summed E-state index contributed by atoms with van der Waals surface area (Å²) < 4.78 is 8.33. The normalized spacial score (nSPS) is 11.2. The summed E-state index contributed by atoms with van der Waals surface area (Å²) in [5, 5.41) is 21.4. The molecule has 0 unspecified atom stereocenters. The first-order chi connectivity index (χ1) is 12.0. The average molecular weight is 484 g/mol. The summed E-state index contributed by atoms with van der Waals surface area (Å²) in [6.07, 6.45) is 1.58. The van der Waals surface area contributed by atoms with Gasteiger partial charge in [-0.15, -0.1) is 0 Å². The molecule has 0 aliphatic heterocycles. The fourth-order valence-corrected chi connectivity index (χ4v) is 3.40. The number of methoxy groups -OCH3 is 1. The van der Waals surface area contributed by atoms with Crippen molar-refractivity contribution in [3.05, 3.63) is 55.7 Å². The van der Waals surface area contributed by atoms with Crippen molar-refractivity contribution in [1.29, 1.82) is 0 Å². The van der Waals surface area contributed by atoms with E-state index in [-0.39, 0.29) is 5.75 Å². The smallest absolute Gasteiger partial charge is 0.216 e. The summed E-state index contributed by atoms with van der Waals surface area (Å²) in [7, 11) is 1.59. The van der Waals surface area contributed by atoms with Crippen LogP contribution in [0.4, 0.5) is 0 Å². The van der Waals surface area contributed by atoms with Gasteiger partial charge < -0.3 is 9.84 Å². The van der Waals surface area contributed by atoms with Crippen LogP contribution in [0.5, 0.6) is 11.5 Å². The lowest BCUT2D eigenvalue weighted by molar-refractivity contribution is 0.416. The first-order valence-electron chi connectivity index (χ1n) is 7.05. The number of phenolic OH excluding ortho intramolecular Hbond substituents is 1. The number of benzene rings is 2. The van der Waals surface area contributed by atoms with Crippen LogP contribution >= 0.6 is 44.1 Å². The number of phenols is 1. The van der Waals surface area contributed by atoms with Crippen LogP contribution in [-0.2, 0) is 0 Å². The number of rotatable bonds is 4. The van der Waals surface area contributed by atoms with Crippen LogP contribution in [0.25, 0.3) is 11.4 Å². The highest BCUT2D eigenvalue weighted by atomic mass is 79.9. The Morgan fingerprint density at radius 2 is 2.04 bits per heavy atom. The van der Waals surface area contributed by atoms with Gasteiger partial charge in [-0.25, -0.2) is 5.10 Å². The van der Waals surface area contributed by atoms with Crippen molar-refractivity contribution in [1.82, 2.24) is 14.9 Å². The van der Waals surface area contributed by atoms with Crippen molar-refractivity contribution in [2.45, 2.75) is 0 Å². The fraction of sp³-hybridized carbons (Fsp3) is 0.0625. The maximum Gasteiger partial charge on any atom is 0.216 e. The Hall–Kier alpha value is -1.97. The molecule has 6 nitrogen and oxygen atoms in total. The molecule has 1 aromatic heterocycles. The summed E-state index contributed by atoms with van der Waals surface area (Å²) >= 11 is 11.9. The van der Waals surface area contributed by atoms with Gasteiger partial charge in [0, 0.05) is 5.56 Å². The Labute approximate surface area is 165 Å². The molecule has 0 fully saturated rings. The van der Waals surface area contributed by atoms with E-state index >= 15 is 0 Å². The van der Waals surface area contributed by atoms with Crippen molar-refractivity contribution in [2.75, 3.05) is 7.11 Å². The molecule has 9 heteroatoms. The van der Waals surface area contributed by atoms with Gasteiger partial charge in [-0.05, 0) is 62.3 Å². The lowest BCUT2D eigenvalue weighted by Crippen LogP contribution is -1.97. The monoisotopic (exact) mass is 482 g/mol. The third kappa shape index (κ3) is 3.53. The third-order valence-electron chi connectivity index (χ3n) is 3.41. The van der Waals surface area contributed by atoms with Crippen LogP contribution in [0, 0.1) is 4.77 Å². The van der Waals surface area contributed by atoms with Gasteiger partial charge in [-0.2, -0.15) is 14.9 Å². The molecular formula is C16H12Br2N4O2S. The maximum absolute atomic E-state index is 9.98. The first kappa shape index (κ1) is 17.8. The number of nitrogens with one attached hydrogen (secondary N) is 1. The first-order valence-corrected chi connectivity index (χ1v) is 9.04. The van der Waals surface area contributed by atoms with E-state index < -0.39 is 0 Å². The fourth-order valence-electron chi connectivity index (χ4n) is 2.18. The summed E-state index contributed by atoms with van der Waals surface area (Å²) in [4.78, 5) is 0. The zero-order chi connectivity index (χ0) is 18.0. The number of halogens is 2. The van der Waals surface area contributed by atoms with Gasteiger partial charge in [-0.3, -0.25) is 0 Å². The van der Waals surface area contributed by atoms with Gasteiger partial charge >= 0.3 is 0 Å².